The molecule has 0 radical (unpaired) electrons. The summed E-state index contributed by atoms with van der Waals surface area (Å²) >= 11 is 12.7. The second-order valence-corrected chi connectivity index (χ2v) is 10.2. The fraction of sp³-hybridized carbons (Fsp3) is 0.148. The summed E-state index contributed by atoms with van der Waals surface area (Å²) in [4.78, 5) is 27.5. The average Bonchev–Trinajstić information content (AvgIpc) is 3.46. The number of carbonyl (C=O) groups excluding carboxylic acids is 2. The molecule has 2 aliphatic heterocycles. The van der Waals surface area contributed by atoms with Gasteiger partial charge in [0, 0.05) is 16.8 Å². The van der Waals surface area contributed by atoms with Gasteiger partial charge in [0.2, 0.25) is 6.79 Å². The van der Waals surface area contributed by atoms with Crippen molar-refractivity contribution in [1.82, 2.24) is 0 Å². The number of benzene rings is 3. The number of rotatable bonds is 8. The highest BCUT2D eigenvalue weighted by molar-refractivity contribution is 8.27. The molecule has 2 amide bonds. The second-order valence-electron chi connectivity index (χ2n) is 8.04. The van der Waals surface area contributed by atoms with E-state index in [1.54, 1.807) is 66.7 Å². The number of hydrogen-bond donors (Lipinski definition) is 1. The third kappa shape index (κ3) is 5.72. The summed E-state index contributed by atoms with van der Waals surface area (Å²) in [7, 11) is 0. The normalized spacial score (nSPS) is 15.2. The van der Waals surface area contributed by atoms with Crippen LogP contribution >= 0.6 is 35.6 Å². The lowest BCUT2D eigenvalue weighted by Crippen LogP contribution is -2.27. The van der Waals surface area contributed by atoms with Gasteiger partial charge < -0.3 is 24.3 Å². The Balaban J connectivity index is 1.29. The molecule has 0 aromatic heterocycles. The molecular formula is C27H21ClN2O6S2. The van der Waals surface area contributed by atoms with E-state index >= 15 is 0 Å². The molecule has 0 atom stereocenters. The van der Waals surface area contributed by atoms with Gasteiger partial charge in [-0.3, -0.25) is 14.5 Å². The first-order valence-corrected chi connectivity index (χ1v) is 13.1. The first kappa shape index (κ1) is 25.9. The van der Waals surface area contributed by atoms with Crippen LogP contribution in [0.25, 0.3) is 6.08 Å². The molecule has 38 heavy (non-hydrogen) atoms. The Labute approximate surface area is 233 Å². The molecule has 1 N–H and O–H groups in total. The first-order chi connectivity index (χ1) is 18.4. The minimum Gasteiger partial charge on any atom is -0.490 e. The van der Waals surface area contributed by atoms with Gasteiger partial charge in [0.25, 0.3) is 11.8 Å². The summed E-state index contributed by atoms with van der Waals surface area (Å²) in [5, 5.41) is 3.25. The molecule has 2 heterocycles. The van der Waals surface area contributed by atoms with E-state index < -0.39 is 0 Å². The molecule has 11 heteroatoms. The molecule has 0 aliphatic carbocycles. The largest absolute Gasteiger partial charge is 0.490 e. The Morgan fingerprint density at radius 3 is 2.76 bits per heavy atom. The van der Waals surface area contributed by atoms with Crippen molar-refractivity contribution in [2.75, 3.05) is 30.2 Å². The molecular weight excluding hydrogens is 548 g/mol. The predicted molar refractivity (Wildman–Crippen MR) is 151 cm³/mol. The van der Waals surface area contributed by atoms with Crippen LogP contribution < -0.4 is 29.2 Å². The minimum atomic E-state index is -0.342. The summed E-state index contributed by atoms with van der Waals surface area (Å²) < 4.78 is 22.6. The van der Waals surface area contributed by atoms with Gasteiger partial charge in [-0.05, 0) is 61.0 Å². The zero-order valence-electron chi connectivity index (χ0n) is 20.1. The highest BCUT2D eigenvalue weighted by Gasteiger charge is 2.34. The zero-order chi connectivity index (χ0) is 26.6. The van der Waals surface area contributed by atoms with Crippen LogP contribution in [0.1, 0.15) is 12.5 Å². The lowest BCUT2D eigenvalue weighted by atomic mass is 10.1. The second kappa shape index (κ2) is 11.3. The lowest BCUT2D eigenvalue weighted by molar-refractivity contribution is -0.118. The molecule has 2 aliphatic rings. The van der Waals surface area contributed by atoms with Crippen molar-refractivity contribution in [2.24, 2.45) is 0 Å². The van der Waals surface area contributed by atoms with Gasteiger partial charge in [-0.1, -0.05) is 47.7 Å². The maximum absolute atomic E-state index is 13.2. The zero-order valence-corrected chi connectivity index (χ0v) is 22.5. The third-order valence-electron chi connectivity index (χ3n) is 5.44. The van der Waals surface area contributed by atoms with E-state index in [0.29, 0.717) is 55.2 Å². The molecule has 1 fully saturated rings. The number of hydrogen-bond acceptors (Lipinski definition) is 8. The van der Waals surface area contributed by atoms with Crippen molar-refractivity contribution < 1.29 is 28.5 Å². The molecule has 3 aromatic carbocycles. The number of anilines is 2. The van der Waals surface area contributed by atoms with Crippen molar-refractivity contribution in [2.45, 2.75) is 6.92 Å². The van der Waals surface area contributed by atoms with Crippen LogP contribution in [-0.2, 0) is 9.59 Å². The fourth-order valence-corrected chi connectivity index (χ4v) is 5.26. The Bertz CT molecular complexity index is 1460. The number of halogens is 1. The van der Waals surface area contributed by atoms with Crippen LogP contribution in [0.3, 0.4) is 0 Å². The highest BCUT2D eigenvalue weighted by atomic mass is 35.5. The van der Waals surface area contributed by atoms with E-state index in [9.17, 15) is 9.59 Å². The van der Waals surface area contributed by atoms with Crippen LogP contribution in [0.15, 0.2) is 65.6 Å². The van der Waals surface area contributed by atoms with Crippen molar-refractivity contribution in [1.29, 1.82) is 0 Å². The summed E-state index contributed by atoms with van der Waals surface area (Å²) in [5.41, 5.74) is 1.90. The first-order valence-electron chi connectivity index (χ1n) is 11.5. The fourth-order valence-electron chi connectivity index (χ4n) is 3.77. The molecule has 194 valence electrons. The van der Waals surface area contributed by atoms with Crippen LogP contribution in [0.2, 0.25) is 5.02 Å². The molecule has 5 rings (SSSR count). The number of nitrogens with zero attached hydrogens (tertiary/aromatic N) is 1. The van der Waals surface area contributed by atoms with Crippen LogP contribution in [-0.4, -0.2) is 36.1 Å². The van der Waals surface area contributed by atoms with Gasteiger partial charge >= 0.3 is 0 Å². The van der Waals surface area contributed by atoms with Gasteiger partial charge in [-0.25, -0.2) is 0 Å². The molecule has 0 saturated carbocycles. The summed E-state index contributed by atoms with van der Waals surface area (Å²) in [6, 6.07) is 17.3. The average molecular weight is 569 g/mol. The standard InChI is InChI=1S/C27H21ClN2O6S2/c1-2-33-22-10-16(6-8-20(22)34-14-25(31)29-18-5-3-4-17(28)12-18)11-24-26(32)30(27(37)38-24)19-7-9-21-23(13-19)36-15-35-21/h3-13H,2,14-15H2,1H3,(H,29,31)/b24-11+. The van der Waals surface area contributed by atoms with Gasteiger partial charge in [0.15, 0.2) is 33.9 Å². The highest BCUT2D eigenvalue weighted by Crippen LogP contribution is 2.41. The molecule has 0 bridgehead atoms. The topological polar surface area (TPSA) is 86.3 Å². The van der Waals surface area contributed by atoms with E-state index in [0.717, 1.165) is 5.56 Å². The third-order valence-corrected chi connectivity index (χ3v) is 6.98. The Morgan fingerprint density at radius 2 is 1.95 bits per heavy atom. The van der Waals surface area contributed by atoms with E-state index in [2.05, 4.69) is 5.32 Å². The monoisotopic (exact) mass is 568 g/mol. The molecule has 0 unspecified atom stereocenters. The molecule has 1 saturated heterocycles. The van der Waals surface area contributed by atoms with Crippen molar-refractivity contribution in [3.05, 3.63) is 76.2 Å². The van der Waals surface area contributed by atoms with Gasteiger partial charge in [-0.15, -0.1) is 0 Å². The van der Waals surface area contributed by atoms with Gasteiger partial charge in [-0.2, -0.15) is 0 Å². The maximum Gasteiger partial charge on any atom is 0.270 e. The number of thiocarbonyl (C=S) groups is 1. The summed E-state index contributed by atoms with van der Waals surface area (Å²) in [5.74, 6) is 1.46. The maximum atomic E-state index is 13.2. The quantitative estimate of drug-likeness (QED) is 0.266. The number of amides is 2. The van der Waals surface area contributed by atoms with Crippen molar-refractivity contribution in [3.63, 3.8) is 0 Å². The Kier molecular flexibility index (Phi) is 7.73. The number of fused-ring (bicyclic) bond motifs is 1. The van der Waals surface area contributed by atoms with Crippen LogP contribution in [0, 0.1) is 0 Å². The Morgan fingerprint density at radius 1 is 1.11 bits per heavy atom. The SMILES string of the molecule is CCOc1cc(/C=C2/SC(=S)N(c3ccc4c(c3)OCO4)C2=O)ccc1OCC(=O)Nc1cccc(Cl)c1. The van der Waals surface area contributed by atoms with E-state index in [4.69, 9.17) is 42.8 Å². The summed E-state index contributed by atoms with van der Waals surface area (Å²) in [6.45, 7) is 2.16. The number of carbonyl (C=O) groups is 2. The van der Waals surface area contributed by atoms with Crippen molar-refractivity contribution in [3.8, 4) is 23.0 Å². The predicted octanol–water partition coefficient (Wildman–Crippen LogP) is 5.89. The van der Waals surface area contributed by atoms with Crippen LogP contribution in [0.4, 0.5) is 11.4 Å². The van der Waals surface area contributed by atoms with Gasteiger partial charge in [0.1, 0.15) is 0 Å². The van der Waals surface area contributed by atoms with E-state index in [1.807, 2.05) is 6.92 Å². The lowest BCUT2D eigenvalue weighted by Gasteiger charge is -2.15. The number of thioether (sulfide) groups is 1. The van der Waals surface area contributed by atoms with Crippen LogP contribution in [0.5, 0.6) is 23.0 Å². The van der Waals surface area contributed by atoms with Gasteiger partial charge in [0.05, 0.1) is 17.2 Å². The smallest absolute Gasteiger partial charge is 0.270 e. The number of nitrogens with one attached hydrogen (secondary N) is 1. The van der Waals surface area contributed by atoms with Crippen molar-refractivity contribution >= 4 is 69.2 Å². The molecule has 3 aromatic rings. The summed E-state index contributed by atoms with van der Waals surface area (Å²) in [6.07, 6.45) is 1.74. The van der Waals surface area contributed by atoms with E-state index in [1.165, 1.54) is 16.7 Å². The van der Waals surface area contributed by atoms with E-state index in [-0.39, 0.29) is 25.2 Å². The minimum absolute atomic E-state index is 0.144. The Hall–Kier alpha value is -3.73. The molecule has 8 nitrogen and oxygen atoms in total. The molecule has 0 spiro atoms. The number of ether oxygens (including phenoxy) is 4.